The minimum Gasteiger partial charge on any atom is -0.321 e. The Morgan fingerprint density at radius 2 is 2.10 bits per heavy atom. The highest BCUT2D eigenvalue weighted by Crippen LogP contribution is 2.14. The van der Waals surface area contributed by atoms with Crippen molar-refractivity contribution in [1.29, 1.82) is 0 Å². The summed E-state index contributed by atoms with van der Waals surface area (Å²) in [6.07, 6.45) is 4.33. The van der Waals surface area contributed by atoms with Crippen LogP contribution in [-0.2, 0) is 6.42 Å². The van der Waals surface area contributed by atoms with E-state index in [9.17, 15) is 4.79 Å². The van der Waals surface area contributed by atoms with Gasteiger partial charge in [-0.15, -0.1) is 0 Å². The molecule has 0 bridgehead atoms. The first-order chi connectivity index (χ1) is 10.3. The molecule has 0 atom stereocenters. The molecule has 0 saturated heterocycles. The maximum atomic E-state index is 12.3. The molecule has 0 aliphatic carbocycles. The van der Waals surface area contributed by atoms with Gasteiger partial charge in [0, 0.05) is 23.5 Å². The molecule has 2 aromatic heterocycles. The van der Waals surface area contributed by atoms with Gasteiger partial charge in [-0.25, -0.2) is 4.98 Å². The third kappa shape index (κ3) is 2.89. The number of carbonyl (C=O) groups excluding carboxylic acids is 1. The summed E-state index contributed by atoms with van der Waals surface area (Å²) in [7, 11) is 0. The lowest BCUT2D eigenvalue weighted by Crippen LogP contribution is -2.13. The van der Waals surface area contributed by atoms with E-state index < -0.39 is 0 Å². The van der Waals surface area contributed by atoms with E-state index in [1.54, 1.807) is 24.5 Å². The zero-order valence-corrected chi connectivity index (χ0v) is 11.7. The first-order valence-corrected chi connectivity index (χ1v) is 6.87. The second kappa shape index (κ2) is 5.71. The highest BCUT2D eigenvalue weighted by atomic mass is 16.1. The van der Waals surface area contributed by atoms with Crippen LogP contribution in [-0.4, -0.2) is 15.9 Å². The lowest BCUT2D eigenvalue weighted by atomic mass is 10.1. The number of nitrogens with zero attached hydrogens (tertiary/aromatic N) is 2. The highest BCUT2D eigenvalue weighted by Gasteiger charge is 2.08. The maximum absolute atomic E-state index is 12.3. The quantitative estimate of drug-likeness (QED) is 0.797. The SMILES string of the molecule is CCc1cccc(NC(=O)c2ccc3cnccc3n2)c1. The van der Waals surface area contributed by atoms with Crippen molar-refractivity contribution in [1.82, 2.24) is 9.97 Å². The number of rotatable bonds is 3. The largest absolute Gasteiger partial charge is 0.321 e. The van der Waals surface area contributed by atoms with Crippen LogP contribution < -0.4 is 5.32 Å². The van der Waals surface area contributed by atoms with E-state index in [4.69, 9.17) is 0 Å². The Balaban J connectivity index is 1.86. The summed E-state index contributed by atoms with van der Waals surface area (Å²) >= 11 is 0. The summed E-state index contributed by atoms with van der Waals surface area (Å²) in [5.74, 6) is -0.207. The molecule has 1 aromatic carbocycles. The average molecular weight is 277 g/mol. The molecule has 0 fully saturated rings. The van der Waals surface area contributed by atoms with Gasteiger partial charge in [-0.05, 0) is 42.3 Å². The second-order valence-corrected chi connectivity index (χ2v) is 4.77. The van der Waals surface area contributed by atoms with Gasteiger partial charge in [0.05, 0.1) is 5.52 Å². The topological polar surface area (TPSA) is 54.9 Å². The molecule has 104 valence electrons. The molecule has 3 aromatic rings. The minimum absolute atomic E-state index is 0.207. The van der Waals surface area contributed by atoms with Gasteiger partial charge >= 0.3 is 0 Å². The smallest absolute Gasteiger partial charge is 0.274 e. The lowest BCUT2D eigenvalue weighted by Gasteiger charge is -2.07. The number of benzene rings is 1. The molecule has 21 heavy (non-hydrogen) atoms. The number of pyridine rings is 2. The van der Waals surface area contributed by atoms with Gasteiger partial charge in [0.2, 0.25) is 0 Å². The normalized spacial score (nSPS) is 10.5. The predicted molar refractivity (Wildman–Crippen MR) is 83.3 cm³/mol. The molecule has 1 amide bonds. The molecule has 0 spiro atoms. The van der Waals surface area contributed by atoms with E-state index in [0.717, 1.165) is 23.0 Å². The standard InChI is InChI=1S/C17H15N3O/c1-2-12-4-3-5-14(10-12)19-17(21)16-7-6-13-11-18-9-8-15(13)20-16/h3-11H,2H2,1H3,(H,19,21). The Morgan fingerprint density at radius 1 is 1.19 bits per heavy atom. The number of aryl methyl sites for hydroxylation is 1. The van der Waals surface area contributed by atoms with Crippen LogP contribution in [0.1, 0.15) is 23.0 Å². The van der Waals surface area contributed by atoms with E-state index in [1.165, 1.54) is 5.56 Å². The van der Waals surface area contributed by atoms with E-state index in [1.807, 2.05) is 30.3 Å². The average Bonchev–Trinajstić information content (AvgIpc) is 2.54. The van der Waals surface area contributed by atoms with Crippen LogP contribution in [0.3, 0.4) is 0 Å². The zero-order chi connectivity index (χ0) is 14.7. The third-order valence-corrected chi connectivity index (χ3v) is 3.32. The van der Waals surface area contributed by atoms with Crippen LogP contribution in [0.4, 0.5) is 5.69 Å². The van der Waals surface area contributed by atoms with Gasteiger partial charge in [0.25, 0.3) is 5.91 Å². The molecule has 1 N–H and O–H groups in total. The van der Waals surface area contributed by atoms with Gasteiger partial charge in [-0.2, -0.15) is 0 Å². The summed E-state index contributed by atoms with van der Waals surface area (Å²) in [4.78, 5) is 20.7. The van der Waals surface area contributed by atoms with Crippen LogP contribution in [0.15, 0.2) is 54.9 Å². The Labute approximate surface area is 122 Å². The Hall–Kier alpha value is -2.75. The minimum atomic E-state index is -0.207. The van der Waals surface area contributed by atoms with Crippen molar-refractivity contribution in [2.75, 3.05) is 5.32 Å². The van der Waals surface area contributed by atoms with Crippen LogP contribution >= 0.6 is 0 Å². The molecular weight excluding hydrogens is 262 g/mol. The number of carbonyl (C=O) groups is 1. The van der Waals surface area contributed by atoms with E-state index in [2.05, 4.69) is 22.2 Å². The molecule has 0 radical (unpaired) electrons. The fourth-order valence-corrected chi connectivity index (χ4v) is 2.16. The zero-order valence-electron chi connectivity index (χ0n) is 11.7. The summed E-state index contributed by atoms with van der Waals surface area (Å²) in [6, 6.07) is 13.2. The first-order valence-electron chi connectivity index (χ1n) is 6.87. The van der Waals surface area contributed by atoms with Gasteiger partial charge in [-0.3, -0.25) is 9.78 Å². The molecule has 0 aliphatic heterocycles. The van der Waals surface area contributed by atoms with Gasteiger partial charge in [0.1, 0.15) is 5.69 Å². The highest BCUT2D eigenvalue weighted by molar-refractivity contribution is 6.04. The van der Waals surface area contributed by atoms with Crippen molar-refractivity contribution in [3.63, 3.8) is 0 Å². The summed E-state index contributed by atoms with van der Waals surface area (Å²) in [6.45, 7) is 2.08. The van der Waals surface area contributed by atoms with Crippen LogP contribution in [0.2, 0.25) is 0 Å². The molecule has 0 unspecified atom stereocenters. The number of amides is 1. The molecule has 0 aliphatic rings. The Morgan fingerprint density at radius 3 is 2.95 bits per heavy atom. The first kappa shape index (κ1) is 13.2. The maximum Gasteiger partial charge on any atom is 0.274 e. The van der Waals surface area contributed by atoms with Crippen molar-refractivity contribution >= 4 is 22.5 Å². The Bertz CT molecular complexity index is 799. The van der Waals surface area contributed by atoms with Gasteiger partial charge < -0.3 is 5.32 Å². The number of nitrogens with one attached hydrogen (secondary N) is 1. The lowest BCUT2D eigenvalue weighted by molar-refractivity contribution is 0.102. The van der Waals surface area contributed by atoms with Crippen molar-refractivity contribution < 1.29 is 4.79 Å². The molecule has 2 heterocycles. The summed E-state index contributed by atoms with van der Waals surface area (Å²) < 4.78 is 0. The van der Waals surface area contributed by atoms with Crippen molar-refractivity contribution in [2.24, 2.45) is 0 Å². The van der Waals surface area contributed by atoms with Gasteiger partial charge in [-0.1, -0.05) is 19.1 Å². The number of anilines is 1. The molecule has 4 nitrogen and oxygen atoms in total. The fraction of sp³-hybridized carbons (Fsp3) is 0.118. The van der Waals surface area contributed by atoms with Crippen molar-refractivity contribution in [3.05, 3.63) is 66.1 Å². The molecular formula is C17H15N3O. The molecule has 4 heteroatoms. The number of aromatic nitrogens is 2. The van der Waals surface area contributed by atoms with E-state index >= 15 is 0 Å². The van der Waals surface area contributed by atoms with Crippen LogP contribution in [0.25, 0.3) is 10.9 Å². The number of hydrogen-bond acceptors (Lipinski definition) is 3. The van der Waals surface area contributed by atoms with Crippen molar-refractivity contribution in [3.8, 4) is 0 Å². The van der Waals surface area contributed by atoms with Crippen LogP contribution in [0.5, 0.6) is 0 Å². The number of hydrogen-bond donors (Lipinski definition) is 1. The second-order valence-electron chi connectivity index (χ2n) is 4.77. The van der Waals surface area contributed by atoms with E-state index in [-0.39, 0.29) is 5.91 Å². The summed E-state index contributed by atoms with van der Waals surface area (Å²) in [5, 5.41) is 3.80. The molecule has 3 rings (SSSR count). The van der Waals surface area contributed by atoms with Crippen molar-refractivity contribution in [2.45, 2.75) is 13.3 Å². The fourth-order valence-electron chi connectivity index (χ4n) is 2.16. The number of fused-ring (bicyclic) bond motifs is 1. The Kier molecular flexibility index (Phi) is 3.60. The van der Waals surface area contributed by atoms with Gasteiger partial charge in [0.15, 0.2) is 0 Å². The van der Waals surface area contributed by atoms with E-state index in [0.29, 0.717) is 5.69 Å². The third-order valence-electron chi connectivity index (χ3n) is 3.32. The monoisotopic (exact) mass is 277 g/mol. The predicted octanol–water partition coefficient (Wildman–Crippen LogP) is 3.44. The molecule has 0 saturated carbocycles. The van der Waals surface area contributed by atoms with Crippen LogP contribution in [0, 0.1) is 0 Å². The summed E-state index contributed by atoms with van der Waals surface area (Å²) in [5.41, 5.74) is 3.14.